The highest BCUT2D eigenvalue weighted by atomic mass is 32.2. The van der Waals surface area contributed by atoms with E-state index in [1.807, 2.05) is 55.5 Å². The summed E-state index contributed by atoms with van der Waals surface area (Å²) in [5.41, 5.74) is 2.59. The average Bonchev–Trinajstić information content (AvgIpc) is 3.27. The number of anilines is 1. The molecule has 0 aromatic heterocycles. The average molecular weight is 485 g/mol. The number of nitrogens with one attached hydrogen (secondary N) is 2. The van der Waals surface area contributed by atoms with Gasteiger partial charge in [-0.1, -0.05) is 42.5 Å². The lowest BCUT2D eigenvalue weighted by molar-refractivity contribution is 0.129. The maximum Gasteiger partial charge on any atom is 0.231 e. The van der Waals surface area contributed by atoms with E-state index in [-0.39, 0.29) is 24.3 Å². The van der Waals surface area contributed by atoms with E-state index < -0.39 is 22.2 Å². The van der Waals surface area contributed by atoms with Gasteiger partial charge in [0.1, 0.15) is 5.75 Å². The number of phenols is 1. The minimum absolute atomic E-state index is 0.0165. The van der Waals surface area contributed by atoms with Crippen molar-refractivity contribution in [3.8, 4) is 17.2 Å². The molecule has 0 fully saturated rings. The van der Waals surface area contributed by atoms with E-state index >= 15 is 0 Å². The third-order valence-corrected chi connectivity index (χ3v) is 6.27. The van der Waals surface area contributed by atoms with Gasteiger partial charge in [0.25, 0.3) is 0 Å². The van der Waals surface area contributed by atoms with Gasteiger partial charge in [0, 0.05) is 12.1 Å². The third kappa shape index (κ3) is 5.80. The van der Waals surface area contributed by atoms with Crippen molar-refractivity contribution in [2.24, 2.45) is 0 Å². The van der Waals surface area contributed by atoms with E-state index in [9.17, 15) is 18.6 Å². The summed E-state index contributed by atoms with van der Waals surface area (Å²) in [7, 11) is -3.59. The molecule has 3 aromatic carbocycles. The zero-order valence-electron chi connectivity index (χ0n) is 18.9. The number of hydrogen-bond donors (Lipinski definition) is 4. The quantitative estimate of drug-likeness (QED) is 0.344. The number of phenolic OH excluding ortho intramolecular Hbond substituents is 1. The van der Waals surface area contributed by atoms with Crippen LogP contribution in [0.5, 0.6) is 17.2 Å². The SMILES string of the molecule is CC(NC(Cc1ccccc1)c1ccc2c(c1)OCO2)[C@H](O)c1ccc(O)c(NS(C)(=O)=O)c1. The largest absolute Gasteiger partial charge is 0.506 e. The van der Waals surface area contributed by atoms with E-state index in [1.165, 1.54) is 12.1 Å². The van der Waals surface area contributed by atoms with Crippen molar-refractivity contribution in [1.29, 1.82) is 0 Å². The summed E-state index contributed by atoms with van der Waals surface area (Å²) in [6, 6.07) is 19.6. The van der Waals surface area contributed by atoms with E-state index in [1.54, 1.807) is 6.07 Å². The van der Waals surface area contributed by atoms with Gasteiger partial charge in [0.2, 0.25) is 16.8 Å². The molecule has 0 aliphatic carbocycles. The van der Waals surface area contributed by atoms with E-state index in [0.29, 0.717) is 23.5 Å². The van der Waals surface area contributed by atoms with Crippen molar-refractivity contribution in [3.05, 3.63) is 83.4 Å². The molecule has 4 N–H and O–H groups in total. The van der Waals surface area contributed by atoms with Gasteiger partial charge >= 0.3 is 0 Å². The van der Waals surface area contributed by atoms with E-state index in [2.05, 4.69) is 10.0 Å². The fourth-order valence-corrected chi connectivity index (χ4v) is 4.53. The molecule has 1 aliphatic heterocycles. The van der Waals surface area contributed by atoms with Crippen LogP contribution in [0.25, 0.3) is 0 Å². The molecular weight excluding hydrogens is 456 g/mol. The highest BCUT2D eigenvalue weighted by Gasteiger charge is 2.24. The van der Waals surface area contributed by atoms with Crippen molar-refractivity contribution in [2.45, 2.75) is 31.5 Å². The molecule has 0 spiro atoms. The van der Waals surface area contributed by atoms with Gasteiger partial charge < -0.3 is 25.0 Å². The normalized spacial score (nSPS) is 15.5. The summed E-state index contributed by atoms with van der Waals surface area (Å²) < 4.78 is 36.5. The first-order valence-electron chi connectivity index (χ1n) is 10.9. The molecule has 3 atom stereocenters. The van der Waals surface area contributed by atoms with Crippen LogP contribution in [0.4, 0.5) is 5.69 Å². The monoisotopic (exact) mass is 484 g/mol. The first-order chi connectivity index (χ1) is 16.2. The summed E-state index contributed by atoms with van der Waals surface area (Å²) >= 11 is 0. The highest BCUT2D eigenvalue weighted by Crippen LogP contribution is 2.36. The van der Waals surface area contributed by atoms with E-state index in [4.69, 9.17) is 9.47 Å². The maximum absolute atomic E-state index is 11.6. The molecule has 0 amide bonds. The lowest BCUT2D eigenvalue weighted by Crippen LogP contribution is -2.36. The summed E-state index contributed by atoms with van der Waals surface area (Å²) in [6.07, 6.45) is 0.709. The van der Waals surface area contributed by atoms with Crippen LogP contribution in [0.2, 0.25) is 0 Å². The topological polar surface area (TPSA) is 117 Å². The first-order valence-corrected chi connectivity index (χ1v) is 12.8. The van der Waals surface area contributed by atoms with Crippen LogP contribution in [0.1, 0.15) is 35.8 Å². The Bertz CT molecular complexity index is 1250. The fraction of sp³-hybridized carbons (Fsp3) is 0.280. The van der Waals surface area contributed by atoms with Gasteiger partial charge in [-0.15, -0.1) is 0 Å². The van der Waals surface area contributed by atoms with Crippen molar-refractivity contribution in [2.75, 3.05) is 17.8 Å². The lowest BCUT2D eigenvalue weighted by Gasteiger charge is -2.28. The van der Waals surface area contributed by atoms with Crippen LogP contribution in [-0.2, 0) is 16.4 Å². The molecule has 8 nitrogen and oxygen atoms in total. The lowest BCUT2D eigenvalue weighted by atomic mass is 9.95. The number of benzene rings is 3. The van der Waals surface area contributed by atoms with Crippen molar-refractivity contribution >= 4 is 15.7 Å². The van der Waals surface area contributed by atoms with Crippen LogP contribution >= 0.6 is 0 Å². The Hall–Kier alpha value is -3.27. The van der Waals surface area contributed by atoms with Crippen molar-refractivity contribution in [3.63, 3.8) is 0 Å². The van der Waals surface area contributed by atoms with Crippen molar-refractivity contribution in [1.82, 2.24) is 5.32 Å². The number of aliphatic hydroxyl groups is 1. The molecule has 180 valence electrons. The second kappa shape index (κ2) is 9.92. The number of ether oxygens (including phenoxy) is 2. The van der Waals surface area contributed by atoms with Crippen LogP contribution in [0.3, 0.4) is 0 Å². The molecular formula is C25H28N2O6S. The standard InChI is InChI=1S/C25H28N2O6S/c1-16(25(29)19-8-10-22(28)21(13-19)27-34(2,30)31)26-20(12-17-6-4-3-5-7-17)18-9-11-23-24(14-18)33-15-32-23/h3-11,13-14,16,20,25-29H,12,15H2,1-2H3/t16?,20?,25-/m0/s1. The van der Waals surface area contributed by atoms with Gasteiger partial charge in [-0.05, 0) is 54.3 Å². The second-order valence-corrected chi connectivity index (χ2v) is 10.2. The maximum atomic E-state index is 11.6. The predicted molar refractivity (Wildman–Crippen MR) is 130 cm³/mol. The second-order valence-electron chi connectivity index (χ2n) is 8.41. The molecule has 9 heteroatoms. The zero-order chi connectivity index (χ0) is 24.3. The van der Waals surface area contributed by atoms with Gasteiger partial charge in [-0.3, -0.25) is 4.72 Å². The number of fused-ring (bicyclic) bond motifs is 1. The van der Waals surface area contributed by atoms with Crippen molar-refractivity contribution < 1.29 is 28.1 Å². The summed E-state index contributed by atoms with van der Waals surface area (Å²) in [4.78, 5) is 0. The third-order valence-electron chi connectivity index (χ3n) is 5.68. The van der Waals surface area contributed by atoms with Crippen LogP contribution in [-0.4, -0.2) is 37.7 Å². The first kappa shape index (κ1) is 23.9. The molecule has 1 heterocycles. The number of aliphatic hydroxyl groups excluding tert-OH is 1. The van der Waals surface area contributed by atoms with Gasteiger partial charge in [-0.25, -0.2) is 8.42 Å². The van der Waals surface area contributed by atoms with Gasteiger partial charge in [-0.2, -0.15) is 0 Å². The van der Waals surface area contributed by atoms with E-state index in [0.717, 1.165) is 17.4 Å². The van der Waals surface area contributed by atoms with Crippen LogP contribution < -0.4 is 19.5 Å². The number of rotatable bonds is 9. The smallest absolute Gasteiger partial charge is 0.231 e. The Morgan fingerprint density at radius 1 is 0.971 bits per heavy atom. The summed E-state index contributed by atoms with van der Waals surface area (Å²) in [5.74, 6) is 1.16. The number of aromatic hydroxyl groups is 1. The molecule has 1 aliphatic rings. The molecule has 0 radical (unpaired) electrons. The van der Waals surface area contributed by atoms with Crippen LogP contribution in [0, 0.1) is 0 Å². The molecule has 2 unspecified atom stereocenters. The minimum atomic E-state index is -3.59. The minimum Gasteiger partial charge on any atom is -0.506 e. The molecule has 3 aromatic rings. The summed E-state index contributed by atoms with van der Waals surface area (Å²) in [6.45, 7) is 2.04. The fourth-order valence-electron chi connectivity index (χ4n) is 3.97. The van der Waals surface area contributed by atoms with Gasteiger partial charge in [0.05, 0.1) is 18.0 Å². The Morgan fingerprint density at radius 2 is 1.68 bits per heavy atom. The molecule has 34 heavy (non-hydrogen) atoms. The predicted octanol–water partition coefficient (Wildman–Crippen LogP) is 3.49. The highest BCUT2D eigenvalue weighted by molar-refractivity contribution is 7.92. The summed E-state index contributed by atoms with van der Waals surface area (Å²) in [5, 5.41) is 24.6. The molecule has 0 saturated carbocycles. The Kier molecular flexibility index (Phi) is 6.97. The Balaban J connectivity index is 1.57. The zero-order valence-corrected chi connectivity index (χ0v) is 19.7. The molecule has 0 bridgehead atoms. The number of hydrogen-bond acceptors (Lipinski definition) is 7. The Morgan fingerprint density at radius 3 is 2.41 bits per heavy atom. The Labute approximate surface area is 199 Å². The number of sulfonamides is 1. The van der Waals surface area contributed by atoms with Crippen LogP contribution in [0.15, 0.2) is 66.7 Å². The van der Waals surface area contributed by atoms with Gasteiger partial charge in [0.15, 0.2) is 11.5 Å². The molecule has 4 rings (SSSR count). The molecule has 0 saturated heterocycles.